The molecule has 4 rings (SSSR count). The van der Waals surface area contributed by atoms with Gasteiger partial charge < -0.3 is 9.47 Å². The summed E-state index contributed by atoms with van der Waals surface area (Å²) in [4.78, 5) is 0. The van der Waals surface area contributed by atoms with Crippen molar-refractivity contribution >= 4 is 0 Å². The van der Waals surface area contributed by atoms with Crippen molar-refractivity contribution in [3.8, 4) is 17.6 Å². The highest BCUT2D eigenvalue weighted by Crippen LogP contribution is 2.34. The number of hydrogen-bond acceptors (Lipinski definition) is 2. The molecule has 1 unspecified atom stereocenters. The fraction of sp³-hybridized carbons (Fsp3) is 0.548. The zero-order valence-corrected chi connectivity index (χ0v) is 21.0. The molecule has 2 nitrogen and oxygen atoms in total. The Balaban J connectivity index is 1.28. The molecule has 1 aliphatic heterocycles. The predicted molar refractivity (Wildman–Crippen MR) is 136 cm³/mol. The van der Waals surface area contributed by atoms with E-state index in [1.165, 1.54) is 69.1 Å². The summed E-state index contributed by atoms with van der Waals surface area (Å²) in [5.41, 5.74) is 2.13. The van der Waals surface area contributed by atoms with Crippen LogP contribution in [0.1, 0.15) is 94.2 Å². The number of halogens is 2. The summed E-state index contributed by atoms with van der Waals surface area (Å²) in [5, 5.41) is 0. The molecular formula is C31H38F2O2. The fourth-order valence-electron chi connectivity index (χ4n) is 5.23. The largest absolute Gasteiger partial charge is 0.462 e. The molecule has 0 aromatic heterocycles. The molecule has 0 bridgehead atoms. The number of unbranched alkanes of at least 4 members (excludes halogenated alkanes) is 1. The van der Waals surface area contributed by atoms with E-state index in [0.717, 1.165) is 36.7 Å². The summed E-state index contributed by atoms with van der Waals surface area (Å²) in [7, 11) is 0. The van der Waals surface area contributed by atoms with Gasteiger partial charge in [-0.25, -0.2) is 4.39 Å². The maximum absolute atomic E-state index is 14.5. The highest BCUT2D eigenvalue weighted by atomic mass is 19.2. The molecule has 2 aromatic rings. The minimum Gasteiger partial charge on any atom is -0.462 e. The summed E-state index contributed by atoms with van der Waals surface area (Å²) < 4.78 is 40.0. The molecule has 2 aromatic carbocycles. The average molecular weight is 481 g/mol. The van der Waals surface area contributed by atoms with Crippen LogP contribution >= 0.6 is 0 Å². The first-order valence-corrected chi connectivity index (χ1v) is 13.5. The van der Waals surface area contributed by atoms with Crippen LogP contribution in [0.15, 0.2) is 36.4 Å². The predicted octanol–water partition coefficient (Wildman–Crippen LogP) is 8.20. The van der Waals surface area contributed by atoms with Crippen LogP contribution < -0.4 is 4.74 Å². The molecule has 1 saturated heterocycles. The van der Waals surface area contributed by atoms with Gasteiger partial charge in [-0.3, -0.25) is 0 Å². The van der Waals surface area contributed by atoms with Gasteiger partial charge in [-0.15, -0.1) is 0 Å². The lowest BCUT2D eigenvalue weighted by atomic mass is 9.78. The molecule has 0 radical (unpaired) electrons. The zero-order valence-electron chi connectivity index (χ0n) is 21.0. The lowest BCUT2D eigenvalue weighted by molar-refractivity contribution is -0.107. The first kappa shape index (κ1) is 25.7. The van der Waals surface area contributed by atoms with Crippen LogP contribution in [0.2, 0.25) is 0 Å². The Labute approximate surface area is 209 Å². The first-order chi connectivity index (χ1) is 17.1. The van der Waals surface area contributed by atoms with Gasteiger partial charge in [-0.05, 0) is 67.3 Å². The van der Waals surface area contributed by atoms with E-state index in [0.29, 0.717) is 13.0 Å². The van der Waals surface area contributed by atoms with Gasteiger partial charge in [-0.2, -0.15) is 4.39 Å². The van der Waals surface area contributed by atoms with Crippen LogP contribution in [-0.2, 0) is 11.2 Å². The monoisotopic (exact) mass is 480 g/mol. The summed E-state index contributed by atoms with van der Waals surface area (Å²) in [6.07, 6.45) is 14.1. The Morgan fingerprint density at radius 1 is 0.857 bits per heavy atom. The van der Waals surface area contributed by atoms with Crippen LogP contribution in [0.3, 0.4) is 0 Å². The van der Waals surface area contributed by atoms with E-state index in [-0.39, 0.29) is 11.3 Å². The highest BCUT2D eigenvalue weighted by molar-refractivity contribution is 5.46. The highest BCUT2D eigenvalue weighted by Gasteiger charge is 2.21. The molecule has 1 saturated carbocycles. The van der Waals surface area contributed by atoms with E-state index in [2.05, 4.69) is 30.9 Å². The molecule has 1 aliphatic carbocycles. The lowest BCUT2D eigenvalue weighted by Crippen LogP contribution is -2.25. The van der Waals surface area contributed by atoms with Crippen LogP contribution in [-0.4, -0.2) is 12.9 Å². The average Bonchev–Trinajstić information content (AvgIpc) is 2.90. The van der Waals surface area contributed by atoms with Gasteiger partial charge in [0, 0.05) is 12.0 Å². The van der Waals surface area contributed by atoms with Gasteiger partial charge in [0.1, 0.15) is 0 Å². The Bertz CT molecular complexity index is 991. The number of ether oxygens (including phenoxy) is 2. The van der Waals surface area contributed by atoms with Gasteiger partial charge >= 0.3 is 0 Å². The van der Waals surface area contributed by atoms with E-state index in [9.17, 15) is 8.78 Å². The normalized spacial score (nSPS) is 22.3. The van der Waals surface area contributed by atoms with Crippen molar-refractivity contribution in [2.75, 3.05) is 6.61 Å². The minimum atomic E-state index is -1.01. The summed E-state index contributed by atoms with van der Waals surface area (Å²) in [5.74, 6) is 5.42. The number of aryl methyl sites for hydroxylation is 1. The standard InChI is InChI=1S/C31H38F2O2/c1-2-3-6-23-8-10-24(11-9-23)12-13-25-14-16-26(17-15-25)18-19-27-20-21-28(31(33)30(27)32)35-29-7-4-5-22-34-29/h14-17,20-21,23-24,29H,2-13,22H2,1H3. The third-order valence-corrected chi connectivity index (χ3v) is 7.51. The van der Waals surface area contributed by atoms with Crippen molar-refractivity contribution in [3.63, 3.8) is 0 Å². The summed E-state index contributed by atoms with van der Waals surface area (Å²) in [6, 6.07) is 11.0. The second-order valence-electron chi connectivity index (χ2n) is 10.2. The fourth-order valence-corrected chi connectivity index (χ4v) is 5.23. The van der Waals surface area contributed by atoms with E-state index >= 15 is 0 Å². The molecule has 35 heavy (non-hydrogen) atoms. The van der Waals surface area contributed by atoms with E-state index in [4.69, 9.17) is 9.47 Å². The minimum absolute atomic E-state index is 0.0260. The Hall–Kier alpha value is -2.38. The smallest absolute Gasteiger partial charge is 0.202 e. The maximum Gasteiger partial charge on any atom is 0.202 e. The van der Waals surface area contributed by atoms with Gasteiger partial charge in [-0.1, -0.05) is 75.8 Å². The van der Waals surface area contributed by atoms with Crippen LogP contribution in [0.4, 0.5) is 8.78 Å². The van der Waals surface area contributed by atoms with Crippen LogP contribution in [0.25, 0.3) is 0 Å². The Morgan fingerprint density at radius 3 is 2.29 bits per heavy atom. The van der Waals surface area contributed by atoms with Gasteiger partial charge in [0.05, 0.1) is 12.2 Å². The molecule has 4 heteroatoms. The Morgan fingerprint density at radius 2 is 1.60 bits per heavy atom. The topological polar surface area (TPSA) is 18.5 Å². The molecule has 0 spiro atoms. The molecule has 2 fully saturated rings. The third kappa shape index (κ3) is 7.55. The summed E-state index contributed by atoms with van der Waals surface area (Å²) in [6.45, 7) is 2.86. The van der Waals surface area contributed by atoms with Crippen molar-refractivity contribution in [2.24, 2.45) is 11.8 Å². The Kier molecular flexibility index (Phi) is 9.60. The number of benzene rings is 2. The lowest BCUT2D eigenvalue weighted by Gasteiger charge is -2.28. The molecule has 2 aliphatic rings. The zero-order chi connectivity index (χ0) is 24.5. The van der Waals surface area contributed by atoms with E-state index < -0.39 is 17.9 Å². The van der Waals surface area contributed by atoms with Crippen molar-refractivity contribution in [1.29, 1.82) is 0 Å². The number of hydrogen-bond donors (Lipinski definition) is 0. The van der Waals surface area contributed by atoms with Crippen LogP contribution in [0, 0.1) is 35.3 Å². The van der Waals surface area contributed by atoms with Crippen molar-refractivity contribution in [3.05, 3.63) is 64.7 Å². The molecule has 0 N–H and O–H groups in total. The van der Waals surface area contributed by atoms with Gasteiger partial charge in [0.25, 0.3) is 0 Å². The first-order valence-electron chi connectivity index (χ1n) is 13.5. The van der Waals surface area contributed by atoms with Crippen LogP contribution in [0.5, 0.6) is 5.75 Å². The van der Waals surface area contributed by atoms with Crippen molar-refractivity contribution in [1.82, 2.24) is 0 Å². The second-order valence-corrected chi connectivity index (χ2v) is 10.2. The SMILES string of the molecule is CCCCC1CCC(CCc2ccc(C#Cc3ccc(OC4CCCCO4)c(F)c3F)cc2)CC1. The second kappa shape index (κ2) is 13.1. The van der Waals surface area contributed by atoms with Gasteiger partial charge in [0.2, 0.25) is 5.82 Å². The quantitative estimate of drug-likeness (QED) is 0.355. The molecule has 1 heterocycles. The molecular weight excluding hydrogens is 442 g/mol. The summed E-state index contributed by atoms with van der Waals surface area (Å²) >= 11 is 0. The van der Waals surface area contributed by atoms with E-state index in [1.54, 1.807) is 0 Å². The van der Waals surface area contributed by atoms with Gasteiger partial charge in [0.15, 0.2) is 17.9 Å². The third-order valence-electron chi connectivity index (χ3n) is 7.51. The van der Waals surface area contributed by atoms with Crippen molar-refractivity contribution in [2.45, 2.75) is 90.3 Å². The molecule has 0 amide bonds. The van der Waals surface area contributed by atoms with E-state index in [1.807, 2.05) is 12.1 Å². The maximum atomic E-state index is 14.5. The number of rotatable bonds is 8. The molecule has 1 atom stereocenters. The molecule has 188 valence electrons. The van der Waals surface area contributed by atoms with Crippen molar-refractivity contribution < 1.29 is 18.3 Å².